The minimum Gasteiger partial charge on any atom is -0.394 e. The highest BCUT2D eigenvalue weighted by atomic mass is 16.5. The van der Waals surface area contributed by atoms with Crippen molar-refractivity contribution in [1.29, 1.82) is 0 Å². The second-order valence-corrected chi connectivity index (χ2v) is 7.13. The number of aromatic nitrogens is 1. The number of anilines is 1. The molecule has 8 nitrogen and oxygen atoms in total. The van der Waals surface area contributed by atoms with Crippen molar-refractivity contribution in [2.24, 2.45) is 0 Å². The summed E-state index contributed by atoms with van der Waals surface area (Å²) in [5.41, 5.74) is 1.65. The number of para-hydroxylation sites is 1. The summed E-state index contributed by atoms with van der Waals surface area (Å²) in [6.45, 7) is 0.593. The SMILES string of the molecule is CN(CCc1ccccn1)[C@H]1[C@H](O)[C@H](CO)O[C@@H]1CNC(=O)Nc1ccccc1. The van der Waals surface area contributed by atoms with Gasteiger partial charge in [0, 0.05) is 37.1 Å². The Balaban J connectivity index is 1.57. The van der Waals surface area contributed by atoms with Crippen LogP contribution in [0.15, 0.2) is 54.7 Å². The second kappa shape index (κ2) is 10.3. The van der Waals surface area contributed by atoms with Crippen molar-refractivity contribution in [2.45, 2.75) is 30.8 Å². The fourth-order valence-electron chi connectivity index (χ4n) is 3.57. The number of benzene rings is 1. The maximum atomic E-state index is 12.2. The van der Waals surface area contributed by atoms with Gasteiger partial charge in [0.1, 0.15) is 12.2 Å². The van der Waals surface area contributed by atoms with Crippen LogP contribution in [0.25, 0.3) is 0 Å². The van der Waals surface area contributed by atoms with E-state index < -0.39 is 18.3 Å². The fraction of sp³-hybridized carbons (Fsp3) is 0.429. The molecule has 0 unspecified atom stereocenters. The zero-order valence-corrected chi connectivity index (χ0v) is 16.4. The number of hydrogen-bond donors (Lipinski definition) is 4. The molecule has 2 amide bonds. The molecule has 1 saturated heterocycles. The van der Waals surface area contributed by atoms with Crippen molar-refractivity contribution in [3.63, 3.8) is 0 Å². The first-order valence-corrected chi connectivity index (χ1v) is 9.73. The van der Waals surface area contributed by atoms with Crippen LogP contribution in [-0.4, -0.2) is 77.2 Å². The maximum Gasteiger partial charge on any atom is 0.319 e. The van der Waals surface area contributed by atoms with Gasteiger partial charge >= 0.3 is 6.03 Å². The summed E-state index contributed by atoms with van der Waals surface area (Å²) < 4.78 is 5.81. The Morgan fingerprint density at radius 2 is 1.93 bits per heavy atom. The normalized spacial score (nSPS) is 23.9. The summed E-state index contributed by atoms with van der Waals surface area (Å²) in [7, 11) is 1.90. The van der Waals surface area contributed by atoms with Gasteiger partial charge in [-0.15, -0.1) is 0 Å². The molecule has 1 aliphatic heterocycles. The summed E-state index contributed by atoms with van der Waals surface area (Å²) in [5, 5.41) is 25.7. The summed E-state index contributed by atoms with van der Waals surface area (Å²) in [5.74, 6) is 0. The van der Waals surface area contributed by atoms with Gasteiger partial charge in [-0.3, -0.25) is 9.88 Å². The molecule has 156 valence electrons. The first kappa shape index (κ1) is 21.2. The van der Waals surface area contributed by atoms with Gasteiger partial charge in [0.05, 0.1) is 18.8 Å². The van der Waals surface area contributed by atoms with Crippen LogP contribution in [0.3, 0.4) is 0 Å². The standard InChI is InChI=1S/C21H28N4O4/c1-25(12-10-15-7-5-6-11-22-15)19-17(29-18(14-26)20(19)27)13-23-21(28)24-16-8-3-2-4-9-16/h2-9,11,17-20,26-27H,10,12-14H2,1H3,(H2,23,24,28)/t17-,18+,19-,20-/m1/s1. The fourth-order valence-corrected chi connectivity index (χ4v) is 3.57. The first-order valence-electron chi connectivity index (χ1n) is 9.73. The average Bonchev–Trinajstić information content (AvgIpc) is 3.07. The number of likely N-dealkylation sites (N-methyl/N-ethyl adjacent to an activating group) is 1. The Kier molecular flexibility index (Phi) is 7.54. The molecule has 0 saturated carbocycles. The van der Waals surface area contributed by atoms with Crippen LogP contribution < -0.4 is 10.6 Å². The molecule has 0 spiro atoms. The van der Waals surface area contributed by atoms with E-state index in [1.807, 2.05) is 48.3 Å². The van der Waals surface area contributed by atoms with Crippen LogP contribution in [0.1, 0.15) is 5.69 Å². The predicted molar refractivity (Wildman–Crippen MR) is 110 cm³/mol. The van der Waals surface area contributed by atoms with Crippen LogP contribution in [0, 0.1) is 0 Å². The number of carbonyl (C=O) groups excluding carboxylic acids is 1. The van der Waals surface area contributed by atoms with E-state index in [1.165, 1.54) is 0 Å². The number of aliphatic hydroxyl groups excluding tert-OH is 2. The minimum atomic E-state index is -0.849. The highest BCUT2D eigenvalue weighted by Gasteiger charge is 2.45. The van der Waals surface area contributed by atoms with E-state index in [1.54, 1.807) is 18.3 Å². The van der Waals surface area contributed by atoms with Crippen molar-refractivity contribution in [3.8, 4) is 0 Å². The van der Waals surface area contributed by atoms with Gasteiger partial charge in [0.25, 0.3) is 0 Å². The molecular weight excluding hydrogens is 372 g/mol. The number of urea groups is 1. The molecule has 1 fully saturated rings. The van der Waals surface area contributed by atoms with Crippen LogP contribution >= 0.6 is 0 Å². The van der Waals surface area contributed by atoms with Crippen molar-refractivity contribution in [1.82, 2.24) is 15.2 Å². The number of nitrogens with zero attached hydrogens (tertiary/aromatic N) is 2. The Labute approximate surface area is 170 Å². The van der Waals surface area contributed by atoms with Crippen molar-refractivity contribution in [2.75, 3.05) is 32.1 Å². The zero-order chi connectivity index (χ0) is 20.6. The first-order chi connectivity index (χ1) is 14.1. The molecule has 29 heavy (non-hydrogen) atoms. The monoisotopic (exact) mass is 400 g/mol. The van der Waals surface area contributed by atoms with E-state index >= 15 is 0 Å². The molecule has 3 rings (SSSR count). The van der Waals surface area contributed by atoms with E-state index in [9.17, 15) is 15.0 Å². The van der Waals surface area contributed by atoms with Gasteiger partial charge in [0.15, 0.2) is 0 Å². The number of amides is 2. The highest BCUT2D eigenvalue weighted by molar-refractivity contribution is 5.89. The quantitative estimate of drug-likeness (QED) is 0.524. The van der Waals surface area contributed by atoms with Crippen molar-refractivity contribution < 1.29 is 19.7 Å². The molecule has 0 radical (unpaired) electrons. The Hall–Kier alpha value is -2.52. The van der Waals surface area contributed by atoms with Gasteiger partial charge in [-0.25, -0.2) is 4.79 Å². The number of pyridine rings is 1. The molecule has 1 aromatic heterocycles. The third-order valence-corrected chi connectivity index (χ3v) is 5.09. The van der Waals surface area contributed by atoms with E-state index in [-0.39, 0.29) is 25.2 Å². The number of nitrogens with one attached hydrogen (secondary N) is 2. The number of rotatable bonds is 8. The zero-order valence-electron chi connectivity index (χ0n) is 16.4. The third-order valence-electron chi connectivity index (χ3n) is 5.09. The van der Waals surface area contributed by atoms with Crippen molar-refractivity contribution in [3.05, 3.63) is 60.4 Å². The van der Waals surface area contributed by atoms with E-state index in [0.717, 1.165) is 12.1 Å². The summed E-state index contributed by atoms with van der Waals surface area (Å²) in [6.07, 6.45) is 0.498. The van der Waals surface area contributed by atoms with Gasteiger partial charge in [-0.1, -0.05) is 24.3 Å². The summed E-state index contributed by atoms with van der Waals surface area (Å²) >= 11 is 0. The lowest BCUT2D eigenvalue weighted by Crippen LogP contribution is -2.50. The topological polar surface area (TPSA) is 107 Å². The minimum absolute atomic E-state index is 0.213. The molecular formula is C21H28N4O4. The molecule has 4 N–H and O–H groups in total. The predicted octanol–water partition coefficient (Wildman–Crippen LogP) is 0.867. The van der Waals surface area contributed by atoms with Crippen LogP contribution in [0.4, 0.5) is 10.5 Å². The highest BCUT2D eigenvalue weighted by Crippen LogP contribution is 2.25. The number of hydrogen-bond acceptors (Lipinski definition) is 6. The van der Waals surface area contributed by atoms with E-state index in [0.29, 0.717) is 12.2 Å². The Bertz CT molecular complexity index is 762. The number of aliphatic hydroxyl groups is 2. The van der Waals surface area contributed by atoms with Gasteiger partial charge in [-0.2, -0.15) is 0 Å². The van der Waals surface area contributed by atoms with E-state index in [2.05, 4.69) is 15.6 Å². The molecule has 2 aromatic rings. The lowest BCUT2D eigenvalue weighted by atomic mass is 10.0. The van der Waals surface area contributed by atoms with Crippen LogP contribution in [0.2, 0.25) is 0 Å². The molecule has 0 bridgehead atoms. The summed E-state index contributed by atoms with van der Waals surface area (Å²) in [6, 6.07) is 14.2. The lowest BCUT2D eigenvalue weighted by molar-refractivity contribution is -0.0205. The van der Waals surface area contributed by atoms with Gasteiger partial charge in [0.2, 0.25) is 0 Å². The molecule has 0 aliphatic carbocycles. The van der Waals surface area contributed by atoms with Crippen LogP contribution in [0.5, 0.6) is 0 Å². The maximum absolute atomic E-state index is 12.2. The van der Waals surface area contributed by atoms with Gasteiger partial charge in [-0.05, 0) is 31.3 Å². The molecule has 2 heterocycles. The van der Waals surface area contributed by atoms with Crippen LogP contribution in [-0.2, 0) is 11.2 Å². The smallest absolute Gasteiger partial charge is 0.319 e. The molecule has 4 atom stereocenters. The number of ether oxygens (including phenoxy) is 1. The largest absolute Gasteiger partial charge is 0.394 e. The Morgan fingerprint density at radius 1 is 1.17 bits per heavy atom. The van der Waals surface area contributed by atoms with E-state index in [4.69, 9.17) is 4.74 Å². The number of carbonyl (C=O) groups is 1. The summed E-state index contributed by atoms with van der Waals surface area (Å²) in [4.78, 5) is 18.5. The van der Waals surface area contributed by atoms with Crippen molar-refractivity contribution >= 4 is 11.7 Å². The average molecular weight is 400 g/mol. The molecule has 1 aromatic carbocycles. The van der Waals surface area contributed by atoms with Gasteiger partial charge < -0.3 is 25.6 Å². The molecule has 8 heteroatoms. The molecule has 1 aliphatic rings. The Morgan fingerprint density at radius 3 is 2.62 bits per heavy atom. The third kappa shape index (κ3) is 5.74. The lowest BCUT2D eigenvalue weighted by Gasteiger charge is -2.30. The second-order valence-electron chi connectivity index (χ2n) is 7.13.